The smallest absolute Gasteiger partial charge is 0.317 e. The minimum Gasteiger partial charge on any atom is -0.507 e. The molecule has 1 rings (SSSR count). The van der Waals surface area contributed by atoms with Crippen molar-refractivity contribution in [1.29, 1.82) is 0 Å². The van der Waals surface area contributed by atoms with Crippen LogP contribution < -0.4 is 0 Å². The van der Waals surface area contributed by atoms with Gasteiger partial charge in [-0.2, -0.15) is 0 Å². The van der Waals surface area contributed by atoms with E-state index in [2.05, 4.69) is 16.6 Å². The highest BCUT2D eigenvalue weighted by atomic mass is 35.5. The second kappa shape index (κ2) is 5.28. The van der Waals surface area contributed by atoms with E-state index in [1.807, 2.05) is 0 Å². The molecule has 4 heteroatoms. The zero-order valence-electron chi connectivity index (χ0n) is 8.08. The van der Waals surface area contributed by atoms with Crippen molar-refractivity contribution < 1.29 is 14.6 Å². The summed E-state index contributed by atoms with van der Waals surface area (Å²) in [4.78, 5) is 10.7. The van der Waals surface area contributed by atoms with Crippen molar-refractivity contribution in [3.63, 3.8) is 0 Å². The third kappa shape index (κ3) is 3.53. The van der Waals surface area contributed by atoms with E-state index in [0.717, 1.165) is 0 Å². The van der Waals surface area contributed by atoms with Gasteiger partial charge in [0.05, 0.1) is 12.7 Å². The van der Waals surface area contributed by atoms with E-state index in [0.29, 0.717) is 10.6 Å². The Morgan fingerprint density at radius 2 is 2.33 bits per heavy atom. The molecule has 0 amide bonds. The second-order valence-electron chi connectivity index (χ2n) is 2.72. The lowest BCUT2D eigenvalue weighted by molar-refractivity contribution is -0.139. The van der Waals surface area contributed by atoms with E-state index in [-0.39, 0.29) is 12.2 Å². The van der Waals surface area contributed by atoms with Crippen LogP contribution in [0.3, 0.4) is 0 Å². The SMILES string of the molecule is COC(=O)CC#Cc1cc(Cl)ccc1O. The normalized spacial score (nSPS) is 8.93. The van der Waals surface area contributed by atoms with Gasteiger partial charge in [-0.25, -0.2) is 0 Å². The number of halogens is 1. The summed E-state index contributed by atoms with van der Waals surface area (Å²) < 4.78 is 4.41. The van der Waals surface area contributed by atoms with Crippen molar-refractivity contribution in [2.45, 2.75) is 6.42 Å². The first kappa shape index (κ1) is 11.4. The molecule has 0 radical (unpaired) electrons. The maximum absolute atomic E-state index is 10.7. The zero-order chi connectivity index (χ0) is 11.3. The van der Waals surface area contributed by atoms with Gasteiger partial charge in [-0.15, -0.1) is 0 Å². The van der Waals surface area contributed by atoms with Crippen molar-refractivity contribution >= 4 is 17.6 Å². The van der Waals surface area contributed by atoms with Crippen molar-refractivity contribution in [1.82, 2.24) is 0 Å². The summed E-state index contributed by atoms with van der Waals surface area (Å²) in [7, 11) is 1.29. The van der Waals surface area contributed by atoms with Crippen molar-refractivity contribution in [3.05, 3.63) is 28.8 Å². The first-order valence-corrected chi connectivity index (χ1v) is 4.55. The first-order valence-electron chi connectivity index (χ1n) is 4.17. The Balaban J connectivity index is 2.79. The van der Waals surface area contributed by atoms with E-state index in [1.165, 1.54) is 19.2 Å². The van der Waals surface area contributed by atoms with Crippen LogP contribution in [-0.2, 0) is 9.53 Å². The van der Waals surface area contributed by atoms with Crippen LogP contribution in [0.4, 0.5) is 0 Å². The molecule has 1 N–H and O–H groups in total. The van der Waals surface area contributed by atoms with E-state index in [1.54, 1.807) is 6.07 Å². The number of methoxy groups -OCH3 is 1. The molecule has 0 aliphatic rings. The number of phenolic OH excluding ortho intramolecular Hbond substituents is 1. The lowest BCUT2D eigenvalue weighted by Crippen LogP contribution is -1.97. The van der Waals surface area contributed by atoms with Gasteiger partial charge in [-0.1, -0.05) is 23.4 Å². The third-order valence-electron chi connectivity index (χ3n) is 1.64. The van der Waals surface area contributed by atoms with E-state index in [9.17, 15) is 9.90 Å². The van der Waals surface area contributed by atoms with Gasteiger partial charge < -0.3 is 9.84 Å². The average Bonchev–Trinajstić information content (AvgIpc) is 2.23. The van der Waals surface area contributed by atoms with Crippen LogP contribution in [0.2, 0.25) is 5.02 Å². The van der Waals surface area contributed by atoms with E-state index >= 15 is 0 Å². The van der Waals surface area contributed by atoms with Gasteiger partial charge in [0, 0.05) is 5.02 Å². The Morgan fingerprint density at radius 3 is 3.00 bits per heavy atom. The van der Waals surface area contributed by atoms with Crippen LogP contribution in [0.15, 0.2) is 18.2 Å². The quantitative estimate of drug-likeness (QED) is 0.586. The summed E-state index contributed by atoms with van der Waals surface area (Å²) in [6.07, 6.45) is -0.0115. The van der Waals surface area contributed by atoms with Gasteiger partial charge in [-0.05, 0) is 18.2 Å². The molecule has 0 aromatic heterocycles. The maximum Gasteiger partial charge on any atom is 0.317 e. The number of ether oxygens (including phenoxy) is 1. The summed E-state index contributed by atoms with van der Waals surface area (Å²) >= 11 is 5.72. The molecule has 0 unspecified atom stereocenters. The highest BCUT2D eigenvalue weighted by molar-refractivity contribution is 6.30. The molecule has 0 bridgehead atoms. The minimum absolute atomic E-state index is 0.0115. The molecule has 1 aromatic rings. The molecule has 1 aromatic carbocycles. The average molecular weight is 225 g/mol. The van der Waals surface area contributed by atoms with Crippen molar-refractivity contribution in [2.24, 2.45) is 0 Å². The number of benzene rings is 1. The molecular weight excluding hydrogens is 216 g/mol. The number of esters is 1. The molecule has 15 heavy (non-hydrogen) atoms. The van der Waals surface area contributed by atoms with Crippen molar-refractivity contribution in [3.8, 4) is 17.6 Å². The molecule has 0 heterocycles. The zero-order valence-corrected chi connectivity index (χ0v) is 8.84. The maximum atomic E-state index is 10.7. The highest BCUT2D eigenvalue weighted by Crippen LogP contribution is 2.20. The Hall–Kier alpha value is -1.66. The number of hydrogen-bond donors (Lipinski definition) is 1. The summed E-state index contributed by atoms with van der Waals surface area (Å²) in [5.41, 5.74) is 0.395. The number of phenols is 1. The lowest BCUT2D eigenvalue weighted by Gasteiger charge is -1.96. The largest absolute Gasteiger partial charge is 0.507 e. The highest BCUT2D eigenvalue weighted by Gasteiger charge is 1.98. The van der Waals surface area contributed by atoms with Crippen LogP contribution in [0.1, 0.15) is 12.0 Å². The number of hydrogen-bond acceptors (Lipinski definition) is 3. The third-order valence-corrected chi connectivity index (χ3v) is 1.88. The minimum atomic E-state index is -0.413. The van der Waals surface area contributed by atoms with Gasteiger partial charge in [0.1, 0.15) is 12.2 Å². The predicted molar refractivity (Wildman–Crippen MR) is 56.6 cm³/mol. The number of aromatic hydroxyl groups is 1. The molecule has 0 saturated heterocycles. The molecular formula is C11H9ClO3. The van der Waals surface area contributed by atoms with Gasteiger partial charge >= 0.3 is 5.97 Å². The summed E-state index contributed by atoms with van der Waals surface area (Å²) in [5, 5.41) is 9.86. The number of carbonyl (C=O) groups is 1. The molecule has 0 fully saturated rings. The Morgan fingerprint density at radius 1 is 1.60 bits per heavy atom. The number of rotatable bonds is 1. The fourth-order valence-electron chi connectivity index (χ4n) is 0.892. The Kier molecular flexibility index (Phi) is 4.02. The molecule has 0 aliphatic carbocycles. The molecule has 0 aliphatic heterocycles. The second-order valence-corrected chi connectivity index (χ2v) is 3.15. The topological polar surface area (TPSA) is 46.5 Å². The van der Waals surface area contributed by atoms with Gasteiger partial charge in [0.2, 0.25) is 0 Å². The fourth-order valence-corrected chi connectivity index (χ4v) is 1.06. The molecule has 0 spiro atoms. The van der Waals surface area contributed by atoms with Gasteiger partial charge in [0.15, 0.2) is 0 Å². The molecule has 78 valence electrons. The van der Waals surface area contributed by atoms with Crippen molar-refractivity contribution in [2.75, 3.05) is 7.11 Å². The Labute approximate surface area is 92.6 Å². The Bertz CT molecular complexity index is 429. The molecule has 3 nitrogen and oxygen atoms in total. The monoisotopic (exact) mass is 224 g/mol. The van der Waals surface area contributed by atoms with Crippen LogP contribution in [0.5, 0.6) is 5.75 Å². The molecule has 0 saturated carbocycles. The predicted octanol–water partition coefficient (Wildman–Crippen LogP) is 1.96. The lowest BCUT2D eigenvalue weighted by atomic mass is 10.2. The summed E-state index contributed by atoms with van der Waals surface area (Å²) in [6.45, 7) is 0. The van der Waals surface area contributed by atoms with E-state index < -0.39 is 5.97 Å². The van der Waals surface area contributed by atoms with Crippen LogP contribution in [0.25, 0.3) is 0 Å². The van der Waals surface area contributed by atoms with Crippen LogP contribution in [-0.4, -0.2) is 18.2 Å². The first-order chi connectivity index (χ1) is 7.13. The summed E-state index contributed by atoms with van der Waals surface area (Å²) in [5.74, 6) is 4.84. The van der Waals surface area contributed by atoms with E-state index in [4.69, 9.17) is 11.6 Å². The van der Waals surface area contributed by atoms with Crippen LogP contribution in [0, 0.1) is 11.8 Å². The van der Waals surface area contributed by atoms with Gasteiger partial charge in [-0.3, -0.25) is 4.79 Å². The molecule has 0 atom stereocenters. The van der Waals surface area contributed by atoms with Gasteiger partial charge in [0.25, 0.3) is 0 Å². The van der Waals surface area contributed by atoms with Crippen LogP contribution >= 0.6 is 11.6 Å². The summed E-state index contributed by atoms with van der Waals surface area (Å²) in [6, 6.07) is 4.54. The number of carbonyl (C=O) groups excluding carboxylic acids is 1. The fraction of sp³-hybridized carbons (Fsp3) is 0.182. The standard InChI is InChI=1S/C11H9ClO3/c1-15-11(14)4-2-3-8-7-9(12)5-6-10(8)13/h5-7,13H,4H2,1H3.